The van der Waals surface area contributed by atoms with E-state index in [0.29, 0.717) is 17.2 Å². The fourth-order valence-electron chi connectivity index (χ4n) is 4.51. The van der Waals surface area contributed by atoms with Crippen LogP contribution >= 0.6 is 0 Å². The van der Waals surface area contributed by atoms with E-state index in [9.17, 15) is 14.0 Å². The summed E-state index contributed by atoms with van der Waals surface area (Å²) in [5.41, 5.74) is 3.75. The number of aromatic nitrogens is 1. The van der Waals surface area contributed by atoms with E-state index in [1.54, 1.807) is 0 Å². The largest absolute Gasteiger partial charge is 0.452 e. The van der Waals surface area contributed by atoms with Gasteiger partial charge in [-0.25, -0.2) is 9.18 Å². The number of rotatable bonds is 6. The van der Waals surface area contributed by atoms with Gasteiger partial charge in [-0.1, -0.05) is 45.4 Å². The SMILES string of the molecule is CCC(C)(C)C1CCc2nc3ccccc3c(C(=O)OCC(=O)Nc3ccc(F)cc3)c2C1. The number of carbonyl (C=O) groups is 2. The molecule has 1 N–H and O–H groups in total. The summed E-state index contributed by atoms with van der Waals surface area (Å²) >= 11 is 0. The molecule has 1 aliphatic carbocycles. The highest BCUT2D eigenvalue weighted by Crippen LogP contribution is 2.41. The maximum atomic E-state index is 13.3. The third kappa shape index (κ3) is 4.90. The van der Waals surface area contributed by atoms with Gasteiger partial charge >= 0.3 is 5.97 Å². The Morgan fingerprint density at radius 1 is 1.15 bits per heavy atom. The maximum Gasteiger partial charge on any atom is 0.339 e. The Morgan fingerprint density at radius 3 is 2.61 bits per heavy atom. The number of hydrogen-bond acceptors (Lipinski definition) is 4. The first kappa shape index (κ1) is 22.9. The number of halogens is 1. The Bertz CT molecular complexity index is 1190. The van der Waals surface area contributed by atoms with Gasteiger partial charge in [0.15, 0.2) is 6.61 Å². The Labute approximate surface area is 193 Å². The lowest BCUT2D eigenvalue weighted by Gasteiger charge is -2.37. The van der Waals surface area contributed by atoms with Crippen molar-refractivity contribution < 1.29 is 18.7 Å². The van der Waals surface area contributed by atoms with Gasteiger partial charge in [0.2, 0.25) is 0 Å². The molecule has 3 aromatic rings. The minimum Gasteiger partial charge on any atom is -0.452 e. The molecule has 172 valence electrons. The first-order valence-corrected chi connectivity index (χ1v) is 11.4. The van der Waals surface area contributed by atoms with Crippen LogP contribution in [0.3, 0.4) is 0 Å². The van der Waals surface area contributed by atoms with Gasteiger partial charge in [-0.2, -0.15) is 0 Å². The second-order valence-electron chi connectivity index (χ2n) is 9.34. The van der Waals surface area contributed by atoms with Gasteiger partial charge in [-0.3, -0.25) is 9.78 Å². The number of benzene rings is 2. The molecule has 0 bridgehead atoms. The van der Waals surface area contributed by atoms with Crippen LogP contribution < -0.4 is 5.32 Å². The van der Waals surface area contributed by atoms with E-state index < -0.39 is 24.3 Å². The smallest absolute Gasteiger partial charge is 0.339 e. The molecule has 1 unspecified atom stereocenters. The van der Waals surface area contributed by atoms with Crippen molar-refractivity contribution in [3.05, 3.63) is 71.2 Å². The van der Waals surface area contributed by atoms with Gasteiger partial charge in [0, 0.05) is 16.8 Å². The number of anilines is 1. The van der Waals surface area contributed by atoms with Crippen molar-refractivity contribution in [2.45, 2.75) is 46.5 Å². The van der Waals surface area contributed by atoms with Crippen molar-refractivity contribution in [3.63, 3.8) is 0 Å². The average Bonchev–Trinajstić information content (AvgIpc) is 2.82. The van der Waals surface area contributed by atoms with Crippen molar-refractivity contribution in [1.29, 1.82) is 0 Å². The van der Waals surface area contributed by atoms with Crippen molar-refractivity contribution in [3.8, 4) is 0 Å². The zero-order chi connectivity index (χ0) is 23.6. The van der Waals surface area contributed by atoms with Crippen LogP contribution in [0.1, 0.15) is 55.2 Å². The van der Waals surface area contributed by atoms with Crippen molar-refractivity contribution in [2.75, 3.05) is 11.9 Å². The topological polar surface area (TPSA) is 68.3 Å². The minimum atomic E-state index is -0.519. The molecule has 0 radical (unpaired) electrons. The number of ether oxygens (including phenoxy) is 1. The minimum absolute atomic E-state index is 0.152. The predicted octanol–water partition coefficient (Wildman–Crippen LogP) is 5.71. The molecular weight excluding hydrogens is 419 g/mol. The molecule has 1 amide bonds. The second kappa shape index (κ2) is 9.30. The van der Waals surface area contributed by atoms with Gasteiger partial charge in [0.25, 0.3) is 5.91 Å². The predicted molar refractivity (Wildman–Crippen MR) is 127 cm³/mol. The Hall–Kier alpha value is -3.28. The molecule has 33 heavy (non-hydrogen) atoms. The summed E-state index contributed by atoms with van der Waals surface area (Å²) in [7, 11) is 0. The van der Waals surface area contributed by atoms with Gasteiger partial charge < -0.3 is 10.1 Å². The summed E-state index contributed by atoms with van der Waals surface area (Å²) in [6.07, 6.45) is 3.67. The Balaban J connectivity index is 1.59. The fraction of sp³-hybridized carbons (Fsp3) is 0.370. The number of esters is 1. The summed E-state index contributed by atoms with van der Waals surface area (Å²) in [6.45, 7) is 6.32. The second-order valence-corrected chi connectivity index (χ2v) is 9.34. The van der Waals surface area contributed by atoms with Gasteiger partial charge in [-0.15, -0.1) is 0 Å². The zero-order valence-electron chi connectivity index (χ0n) is 19.3. The van der Waals surface area contributed by atoms with Crippen molar-refractivity contribution >= 4 is 28.5 Å². The molecule has 0 saturated heterocycles. The highest BCUT2D eigenvalue weighted by molar-refractivity contribution is 6.06. The standard InChI is InChI=1S/C27H29FN2O3/c1-4-27(2,3)17-9-14-23-21(15-17)25(20-7-5-6-8-22(20)30-23)26(32)33-16-24(31)29-19-12-10-18(28)11-13-19/h5-8,10-13,17H,4,9,14-16H2,1-3H3,(H,29,31). The first-order valence-electron chi connectivity index (χ1n) is 11.4. The first-order chi connectivity index (χ1) is 15.8. The van der Waals surface area contributed by atoms with Crippen LogP contribution in [0.5, 0.6) is 0 Å². The summed E-state index contributed by atoms with van der Waals surface area (Å²) in [6, 6.07) is 13.0. The van der Waals surface area contributed by atoms with Crippen LogP contribution in [0.15, 0.2) is 48.5 Å². The fourth-order valence-corrected chi connectivity index (χ4v) is 4.51. The van der Waals surface area contributed by atoms with Crippen LogP contribution in [0, 0.1) is 17.2 Å². The maximum absolute atomic E-state index is 13.3. The molecule has 1 heterocycles. The molecule has 5 nitrogen and oxygen atoms in total. The lowest BCUT2D eigenvalue weighted by molar-refractivity contribution is -0.119. The highest BCUT2D eigenvalue weighted by Gasteiger charge is 2.34. The molecule has 0 spiro atoms. The third-order valence-corrected chi connectivity index (χ3v) is 6.94. The van der Waals surface area contributed by atoms with Crippen LogP contribution in [0.25, 0.3) is 10.9 Å². The average molecular weight is 449 g/mol. The van der Waals surface area contributed by atoms with Crippen molar-refractivity contribution in [2.24, 2.45) is 11.3 Å². The summed E-state index contributed by atoms with van der Waals surface area (Å²) in [5.74, 6) is -0.953. The number of amides is 1. The number of pyridine rings is 1. The summed E-state index contributed by atoms with van der Waals surface area (Å²) < 4.78 is 18.5. The summed E-state index contributed by atoms with van der Waals surface area (Å²) in [4.78, 5) is 30.4. The molecule has 1 aliphatic rings. The number of fused-ring (bicyclic) bond motifs is 2. The van der Waals surface area contributed by atoms with Crippen LogP contribution in [0.4, 0.5) is 10.1 Å². The number of carbonyl (C=O) groups excluding carboxylic acids is 2. The van der Waals surface area contributed by atoms with E-state index in [-0.39, 0.29) is 5.41 Å². The normalized spacial score (nSPS) is 15.7. The molecule has 1 atom stereocenters. The third-order valence-electron chi connectivity index (χ3n) is 6.94. The molecule has 0 aliphatic heterocycles. The Kier molecular flexibility index (Phi) is 6.45. The van der Waals surface area contributed by atoms with E-state index in [1.165, 1.54) is 24.3 Å². The highest BCUT2D eigenvalue weighted by atomic mass is 19.1. The molecule has 4 rings (SSSR count). The van der Waals surface area contributed by atoms with E-state index in [1.807, 2.05) is 24.3 Å². The van der Waals surface area contributed by atoms with E-state index in [4.69, 9.17) is 9.72 Å². The molecule has 1 aromatic heterocycles. The number of aryl methyl sites for hydroxylation is 1. The van der Waals surface area contributed by atoms with E-state index in [2.05, 4.69) is 26.1 Å². The Morgan fingerprint density at radius 2 is 1.88 bits per heavy atom. The number of hydrogen-bond donors (Lipinski definition) is 1. The molecule has 0 saturated carbocycles. The zero-order valence-corrected chi connectivity index (χ0v) is 19.3. The number of para-hydroxylation sites is 1. The lowest BCUT2D eigenvalue weighted by atomic mass is 9.68. The van der Waals surface area contributed by atoms with Gasteiger partial charge in [-0.05, 0) is 66.5 Å². The van der Waals surface area contributed by atoms with Crippen LogP contribution in [0.2, 0.25) is 0 Å². The van der Waals surface area contributed by atoms with Crippen LogP contribution in [-0.4, -0.2) is 23.5 Å². The van der Waals surface area contributed by atoms with E-state index >= 15 is 0 Å². The van der Waals surface area contributed by atoms with Crippen molar-refractivity contribution in [1.82, 2.24) is 4.98 Å². The lowest BCUT2D eigenvalue weighted by Crippen LogP contribution is -2.31. The van der Waals surface area contributed by atoms with E-state index in [0.717, 1.165) is 47.8 Å². The number of nitrogens with one attached hydrogen (secondary N) is 1. The molecule has 6 heteroatoms. The van der Waals surface area contributed by atoms with Crippen LogP contribution in [-0.2, 0) is 22.4 Å². The summed E-state index contributed by atoms with van der Waals surface area (Å²) in [5, 5.41) is 3.36. The molecular formula is C27H29FN2O3. The molecule has 2 aromatic carbocycles. The monoisotopic (exact) mass is 448 g/mol. The van der Waals surface area contributed by atoms with Gasteiger partial charge in [0.1, 0.15) is 5.82 Å². The quantitative estimate of drug-likeness (QED) is 0.491. The van der Waals surface area contributed by atoms with Gasteiger partial charge in [0.05, 0.1) is 11.1 Å². The molecule has 0 fully saturated rings. The number of nitrogens with zero attached hydrogens (tertiary/aromatic N) is 1.